The van der Waals surface area contributed by atoms with Gasteiger partial charge in [-0.15, -0.1) is 0 Å². The van der Waals surface area contributed by atoms with Crippen molar-refractivity contribution in [2.45, 2.75) is 25.8 Å². The third-order valence-corrected chi connectivity index (χ3v) is 4.16. The summed E-state index contributed by atoms with van der Waals surface area (Å²) in [6, 6.07) is 3.38. The van der Waals surface area contributed by atoms with Crippen LogP contribution in [0.1, 0.15) is 28.8 Å². The number of hydrogen-bond donors (Lipinski definition) is 3. The molecule has 0 bridgehead atoms. The van der Waals surface area contributed by atoms with E-state index >= 15 is 0 Å². The molecule has 2 fully saturated rings. The molecule has 1 aromatic carbocycles. The quantitative estimate of drug-likeness (QED) is 0.691. The number of aliphatic hydroxyl groups excluding tert-OH is 1. The number of rotatable bonds is 5. The van der Waals surface area contributed by atoms with Crippen LogP contribution in [0.2, 0.25) is 0 Å². The molecule has 3 N–H and O–H groups in total. The summed E-state index contributed by atoms with van der Waals surface area (Å²) in [6.07, 6.45) is 2.29. The van der Waals surface area contributed by atoms with Crippen molar-refractivity contribution in [3.63, 3.8) is 0 Å². The maximum Gasteiger partial charge on any atom is 0.329 e. The summed E-state index contributed by atoms with van der Waals surface area (Å²) >= 11 is 0. The number of imide groups is 1. The van der Waals surface area contributed by atoms with Gasteiger partial charge in [-0.25, -0.2) is 9.69 Å². The molecule has 7 nitrogen and oxygen atoms in total. The Balaban J connectivity index is 1.84. The number of carbonyl (C=O) groups excluding carboxylic acids is 3. The molecule has 2 aliphatic rings. The SMILES string of the molecule is Cc1ccc(C(=O)NCC2CC2)cc1N1C(=O)NC(CO)C1=O. The van der Waals surface area contributed by atoms with Gasteiger partial charge in [-0.2, -0.15) is 0 Å². The highest BCUT2D eigenvalue weighted by Gasteiger charge is 2.39. The van der Waals surface area contributed by atoms with Gasteiger partial charge in [-0.05, 0) is 43.4 Å². The maximum atomic E-state index is 12.2. The first kappa shape index (κ1) is 15.5. The third-order valence-electron chi connectivity index (χ3n) is 4.16. The first-order valence-corrected chi connectivity index (χ1v) is 7.65. The topological polar surface area (TPSA) is 98.7 Å². The van der Waals surface area contributed by atoms with E-state index in [1.807, 2.05) is 0 Å². The Hall–Kier alpha value is -2.41. The van der Waals surface area contributed by atoms with Gasteiger partial charge >= 0.3 is 6.03 Å². The van der Waals surface area contributed by atoms with Crippen LogP contribution >= 0.6 is 0 Å². The van der Waals surface area contributed by atoms with Crippen LogP contribution in [0.3, 0.4) is 0 Å². The summed E-state index contributed by atoms with van der Waals surface area (Å²) in [6.45, 7) is 1.95. The highest BCUT2D eigenvalue weighted by Crippen LogP contribution is 2.28. The summed E-state index contributed by atoms with van der Waals surface area (Å²) < 4.78 is 0. The number of aryl methyl sites for hydroxylation is 1. The predicted octanol–water partition coefficient (Wildman–Crippen LogP) is 0.552. The molecule has 0 aromatic heterocycles. The molecule has 0 radical (unpaired) electrons. The summed E-state index contributed by atoms with van der Waals surface area (Å²) in [5, 5.41) is 14.4. The number of benzene rings is 1. The van der Waals surface area contributed by atoms with E-state index in [-0.39, 0.29) is 5.91 Å². The molecular weight excluding hydrogens is 298 g/mol. The Bertz CT molecular complexity index is 669. The zero-order valence-electron chi connectivity index (χ0n) is 12.8. The Morgan fingerprint density at radius 3 is 2.74 bits per heavy atom. The summed E-state index contributed by atoms with van der Waals surface area (Å²) in [5.41, 5.74) is 1.47. The molecule has 122 valence electrons. The van der Waals surface area contributed by atoms with Crippen LogP contribution in [-0.4, -0.2) is 42.1 Å². The third kappa shape index (κ3) is 3.05. The van der Waals surface area contributed by atoms with Crippen LogP contribution in [0.15, 0.2) is 18.2 Å². The molecule has 1 aliphatic heterocycles. The standard InChI is InChI=1S/C16H19N3O4/c1-9-2-5-11(14(21)17-7-10-3-4-10)6-13(9)19-15(22)12(8-20)18-16(19)23/h2,5-6,10,12,20H,3-4,7-8H2,1H3,(H,17,21)(H,18,23). The van der Waals surface area contributed by atoms with Crippen molar-refractivity contribution in [2.75, 3.05) is 18.1 Å². The first-order valence-electron chi connectivity index (χ1n) is 7.65. The number of nitrogens with zero attached hydrogens (tertiary/aromatic N) is 1. The van der Waals surface area contributed by atoms with E-state index in [0.717, 1.165) is 17.7 Å². The van der Waals surface area contributed by atoms with Gasteiger partial charge in [-0.3, -0.25) is 9.59 Å². The lowest BCUT2D eigenvalue weighted by atomic mass is 10.1. The lowest BCUT2D eigenvalue weighted by Crippen LogP contribution is -2.34. The molecule has 1 unspecified atom stereocenters. The summed E-state index contributed by atoms with van der Waals surface area (Å²) in [5.74, 6) is -0.167. The smallest absolute Gasteiger partial charge is 0.329 e. The number of anilines is 1. The van der Waals surface area contributed by atoms with Gasteiger partial charge in [0.15, 0.2) is 0 Å². The molecule has 1 heterocycles. The second-order valence-electron chi connectivity index (χ2n) is 6.01. The average Bonchev–Trinajstić information content (AvgIpc) is 3.31. The normalized spacial score (nSPS) is 20.6. The monoisotopic (exact) mass is 317 g/mol. The Labute approximate surface area is 133 Å². The fourth-order valence-corrected chi connectivity index (χ4v) is 2.54. The molecule has 3 rings (SSSR count). The van der Waals surface area contributed by atoms with Gasteiger partial charge in [0, 0.05) is 12.1 Å². The average molecular weight is 317 g/mol. The van der Waals surface area contributed by atoms with Gasteiger partial charge in [0.2, 0.25) is 0 Å². The van der Waals surface area contributed by atoms with E-state index in [1.165, 1.54) is 6.07 Å². The Morgan fingerprint density at radius 2 is 2.13 bits per heavy atom. The van der Waals surface area contributed by atoms with Crippen LogP contribution in [0.4, 0.5) is 10.5 Å². The van der Waals surface area contributed by atoms with Crippen molar-refractivity contribution in [3.05, 3.63) is 29.3 Å². The molecule has 0 spiro atoms. The minimum atomic E-state index is -0.936. The van der Waals surface area contributed by atoms with Crippen molar-refractivity contribution in [1.29, 1.82) is 0 Å². The van der Waals surface area contributed by atoms with E-state index in [1.54, 1.807) is 19.1 Å². The Morgan fingerprint density at radius 1 is 1.39 bits per heavy atom. The van der Waals surface area contributed by atoms with Gasteiger partial charge in [0.25, 0.3) is 11.8 Å². The van der Waals surface area contributed by atoms with E-state index in [9.17, 15) is 14.4 Å². The number of amides is 4. The number of carbonyl (C=O) groups is 3. The Kier molecular flexibility index (Phi) is 4.04. The number of urea groups is 1. The fourth-order valence-electron chi connectivity index (χ4n) is 2.54. The number of hydrogen-bond acceptors (Lipinski definition) is 4. The minimum absolute atomic E-state index is 0.219. The van der Waals surface area contributed by atoms with Crippen molar-refractivity contribution in [2.24, 2.45) is 5.92 Å². The van der Waals surface area contributed by atoms with E-state index < -0.39 is 24.6 Å². The summed E-state index contributed by atoms with van der Waals surface area (Å²) in [4.78, 5) is 37.3. The zero-order chi connectivity index (χ0) is 16.6. The molecule has 1 aliphatic carbocycles. The predicted molar refractivity (Wildman–Crippen MR) is 83.1 cm³/mol. The molecular formula is C16H19N3O4. The largest absolute Gasteiger partial charge is 0.394 e. The lowest BCUT2D eigenvalue weighted by Gasteiger charge is -2.17. The van der Waals surface area contributed by atoms with E-state index in [0.29, 0.717) is 29.3 Å². The van der Waals surface area contributed by atoms with Crippen LogP contribution in [-0.2, 0) is 4.79 Å². The maximum absolute atomic E-state index is 12.2. The van der Waals surface area contributed by atoms with Gasteiger partial charge < -0.3 is 15.7 Å². The molecule has 23 heavy (non-hydrogen) atoms. The molecule has 1 atom stereocenters. The first-order chi connectivity index (χ1) is 11.0. The molecule has 7 heteroatoms. The van der Waals surface area contributed by atoms with Crippen molar-refractivity contribution >= 4 is 23.5 Å². The molecule has 1 saturated carbocycles. The van der Waals surface area contributed by atoms with Crippen molar-refractivity contribution in [1.82, 2.24) is 10.6 Å². The van der Waals surface area contributed by atoms with Gasteiger partial charge in [-0.1, -0.05) is 6.07 Å². The summed E-state index contributed by atoms with van der Waals surface area (Å²) in [7, 11) is 0. The van der Waals surface area contributed by atoms with Crippen LogP contribution in [0.25, 0.3) is 0 Å². The fraction of sp³-hybridized carbons (Fsp3) is 0.438. The highest BCUT2D eigenvalue weighted by atomic mass is 16.3. The second-order valence-corrected chi connectivity index (χ2v) is 6.01. The van der Waals surface area contributed by atoms with Crippen molar-refractivity contribution < 1.29 is 19.5 Å². The van der Waals surface area contributed by atoms with Gasteiger partial charge in [0.1, 0.15) is 6.04 Å². The molecule has 4 amide bonds. The molecule has 1 saturated heterocycles. The number of nitrogens with one attached hydrogen (secondary N) is 2. The number of aliphatic hydroxyl groups is 1. The minimum Gasteiger partial charge on any atom is -0.394 e. The second kappa shape index (κ2) is 6.00. The van der Waals surface area contributed by atoms with Crippen LogP contribution < -0.4 is 15.5 Å². The van der Waals surface area contributed by atoms with Crippen LogP contribution in [0.5, 0.6) is 0 Å². The zero-order valence-corrected chi connectivity index (χ0v) is 12.8. The molecule has 1 aromatic rings. The van der Waals surface area contributed by atoms with E-state index in [2.05, 4.69) is 10.6 Å². The van der Waals surface area contributed by atoms with Crippen LogP contribution in [0, 0.1) is 12.8 Å². The van der Waals surface area contributed by atoms with Gasteiger partial charge in [0.05, 0.1) is 12.3 Å². The highest BCUT2D eigenvalue weighted by molar-refractivity contribution is 6.22. The lowest BCUT2D eigenvalue weighted by molar-refractivity contribution is -0.119. The van der Waals surface area contributed by atoms with E-state index in [4.69, 9.17) is 5.11 Å². The van der Waals surface area contributed by atoms with Crippen molar-refractivity contribution in [3.8, 4) is 0 Å².